The summed E-state index contributed by atoms with van der Waals surface area (Å²) in [6, 6.07) is 14.6. The van der Waals surface area contributed by atoms with Crippen molar-refractivity contribution >= 4 is 27.8 Å². The molecule has 0 aliphatic heterocycles. The maximum atomic E-state index is 10.8. The number of hydrogen-bond donors (Lipinski definition) is 0. The first-order chi connectivity index (χ1) is 13.4. The Balaban J connectivity index is 1.74. The molecule has 0 radical (unpaired) electrons. The van der Waals surface area contributed by atoms with Crippen LogP contribution in [0.3, 0.4) is 0 Å². The second-order valence-electron chi connectivity index (χ2n) is 6.53. The van der Waals surface area contributed by atoms with Crippen LogP contribution in [0.1, 0.15) is 28.1 Å². The van der Waals surface area contributed by atoms with Gasteiger partial charge in [0.1, 0.15) is 6.61 Å². The van der Waals surface area contributed by atoms with E-state index < -0.39 is 4.92 Å². The molecule has 0 aliphatic carbocycles. The zero-order chi connectivity index (χ0) is 20.3. The van der Waals surface area contributed by atoms with Gasteiger partial charge in [-0.1, -0.05) is 33.2 Å². The topological polar surface area (TPSA) is 69.7 Å². The summed E-state index contributed by atoms with van der Waals surface area (Å²) < 4.78 is 3.25. The Morgan fingerprint density at radius 1 is 1.18 bits per heavy atom. The molecule has 0 saturated heterocycles. The lowest BCUT2D eigenvalue weighted by molar-refractivity contribution is -0.384. The fourth-order valence-corrected chi connectivity index (χ4v) is 3.30. The number of benzene rings is 2. The second-order valence-corrected chi connectivity index (χ2v) is 7.38. The third-order valence-corrected chi connectivity index (χ3v) is 5.38. The standard InChI is InChI=1S/C21H20BrN3O3/c1-14-9-19(7-8-21(14)22)24-15(2)10-18(16(24)3)12-23-28-13-17-5-4-6-20(11-17)25(26)27/h4-12H,13H2,1-3H3/b23-12-. The van der Waals surface area contributed by atoms with E-state index in [0.717, 1.165) is 27.1 Å². The molecule has 0 amide bonds. The Kier molecular flexibility index (Phi) is 5.94. The number of rotatable bonds is 6. The Morgan fingerprint density at radius 3 is 2.68 bits per heavy atom. The highest BCUT2D eigenvalue weighted by atomic mass is 79.9. The lowest BCUT2D eigenvalue weighted by atomic mass is 10.2. The third-order valence-electron chi connectivity index (χ3n) is 4.49. The zero-order valence-corrected chi connectivity index (χ0v) is 17.4. The fraction of sp³-hybridized carbons (Fsp3) is 0.190. The zero-order valence-electron chi connectivity index (χ0n) is 15.8. The number of nitrogens with zero attached hydrogens (tertiary/aromatic N) is 3. The van der Waals surface area contributed by atoms with Crippen LogP contribution in [0.5, 0.6) is 0 Å². The summed E-state index contributed by atoms with van der Waals surface area (Å²) in [6.45, 7) is 6.31. The molecule has 3 rings (SSSR count). The van der Waals surface area contributed by atoms with E-state index >= 15 is 0 Å². The van der Waals surface area contributed by atoms with Crippen LogP contribution in [0.4, 0.5) is 5.69 Å². The molecule has 0 bridgehead atoms. The SMILES string of the molecule is Cc1cc(-n2c(C)cc(/C=N\OCc3cccc([N+](=O)[O-])c3)c2C)ccc1Br. The van der Waals surface area contributed by atoms with Gasteiger partial charge in [-0.05, 0) is 56.2 Å². The van der Waals surface area contributed by atoms with Crippen molar-refractivity contribution < 1.29 is 9.76 Å². The summed E-state index contributed by atoms with van der Waals surface area (Å²) in [6.07, 6.45) is 1.67. The van der Waals surface area contributed by atoms with Crippen molar-refractivity contribution in [1.29, 1.82) is 0 Å². The second kappa shape index (κ2) is 8.39. The first kappa shape index (κ1) is 19.8. The van der Waals surface area contributed by atoms with E-state index in [1.165, 1.54) is 17.7 Å². The lowest BCUT2D eigenvalue weighted by Crippen LogP contribution is -2.00. The molecule has 1 aromatic heterocycles. The number of nitro groups is 1. The molecule has 0 spiro atoms. The molecule has 0 saturated carbocycles. The molecule has 28 heavy (non-hydrogen) atoms. The van der Waals surface area contributed by atoms with Crippen LogP contribution in [0, 0.1) is 30.9 Å². The van der Waals surface area contributed by atoms with E-state index in [9.17, 15) is 10.1 Å². The maximum Gasteiger partial charge on any atom is 0.269 e. The summed E-state index contributed by atoms with van der Waals surface area (Å²) in [5.41, 5.74) is 6.10. The molecule has 2 aromatic carbocycles. The number of non-ortho nitro benzene ring substituents is 1. The molecule has 6 nitrogen and oxygen atoms in total. The van der Waals surface area contributed by atoms with Gasteiger partial charge in [-0.15, -0.1) is 0 Å². The Labute approximate surface area is 171 Å². The van der Waals surface area contributed by atoms with Crippen LogP contribution < -0.4 is 0 Å². The molecule has 0 unspecified atom stereocenters. The van der Waals surface area contributed by atoms with E-state index in [2.05, 4.69) is 44.7 Å². The average Bonchev–Trinajstić information content (AvgIpc) is 2.95. The molecule has 0 N–H and O–H groups in total. The number of hydrogen-bond acceptors (Lipinski definition) is 4. The van der Waals surface area contributed by atoms with Gasteiger partial charge in [0.25, 0.3) is 5.69 Å². The van der Waals surface area contributed by atoms with Crippen LogP contribution in [-0.4, -0.2) is 15.7 Å². The molecular formula is C21H20BrN3O3. The van der Waals surface area contributed by atoms with Crippen molar-refractivity contribution in [3.8, 4) is 5.69 Å². The van der Waals surface area contributed by atoms with Gasteiger partial charge < -0.3 is 9.40 Å². The van der Waals surface area contributed by atoms with Crippen LogP contribution in [0.2, 0.25) is 0 Å². The summed E-state index contributed by atoms with van der Waals surface area (Å²) in [7, 11) is 0. The first-order valence-electron chi connectivity index (χ1n) is 8.71. The number of aryl methyl sites for hydroxylation is 2. The van der Waals surface area contributed by atoms with Crippen LogP contribution in [0.15, 0.2) is 58.2 Å². The first-order valence-corrected chi connectivity index (χ1v) is 9.50. The monoisotopic (exact) mass is 441 g/mol. The highest BCUT2D eigenvalue weighted by Gasteiger charge is 2.10. The quantitative estimate of drug-likeness (QED) is 0.283. The van der Waals surface area contributed by atoms with Crippen molar-refractivity contribution in [2.75, 3.05) is 0 Å². The summed E-state index contributed by atoms with van der Waals surface area (Å²) >= 11 is 3.53. The Bertz CT molecular complexity index is 1060. The lowest BCUT2D eigenvalue weighted by Gasteiger charge is -2.11. The summed E-state index contributed by atoms with van der Waals surface area (Å²) in [5, 5.41) is 14.9. The van der Waals surface area contributed by atoms with Gasteiger partial charge in [-0.3, -0.25) is 10.1 Å². The number of nitro benzene ring substituents is 1. The van der Waals surface area contributed by atoms with E-state index in [4.69, 9.17) is 4.84 Å². The van der Waals surface area contributed by atoms with Crippen molar-refractivity contribution in [2.45, 2.75) is 27.4 Å². The molecule has 7 heteroatoms. The highest BCUT2D eigenvalue weighted by molar-refractivity contribution is 9.10. The number of oxime groups is 1. The number of aromatic nitrogens is 1. The van der Waals surface area contributed by atoms with E-state index in [-0.39, 0.29) is 12.3 Å². The van der Waals surface area contributed by atoms with Crippen molar-refractivity contribution in [3.05, 3.63) is 91.2 Å². The molecule has 0 aliphatic rings. The van der Waals surface area contributed by atoms with E-state index in [1.54, 1.807) is 18.3 Å². The van der Waals surface area contributed by atoms with E-state index in [0.29, 0.717) is 5.56 Å². The highest BCUT2D eigenvalue weighted by Crippen LogP contribution is 2.24. The van der Waals surface area contributed by atoms with Crippen molar-refractivity contribution in [1.82, 2.24) is 4.57 Å². The van der Waals surface area contributed by atoms with Gasteiger partial charge in [0.05, 0.1) is 11.1 Å². The number of halogens is 1. The van der Waals surface area contributed by atoms with Gasteiger partial charge in [-0.2, -0.15) is 0 Å². The van der Waals surface area contributed by atoms with Crippen LogP contribution in [0.25, 0.3) is 5.69 Å². The van der Waals surface area contributed by atoms with Gasteiger partial charge in [0, 0.05) is 39.2 Å². The minimum absolute atomic E-state index is 0.0402. The third kappa shape index (κ3) is 4.31. The minimum atomic E-state index is -0.425. The van der Waals surface area contributed by atoms with Crippen molar-refractivity contribution in [3.63, 3.8) is 0 Å². The average molecular weight is 442 g/mol. The Hall–Kier alpha value is -2.93. The van der Waals surface area contributed by atoms with Gasteiger partial charge >= 0.3 is 0 Å². The van der Waals surface area contributed by atoms with Gasteiger partial charge in [0.15, 0.2) is 0 Å². The molecule has 0 atom stereocenters. The fourth-order valence-electron chi connectivity index (χ4n) is 3.05. The predicted octanol–water partition coefficient (Wildman–Crippen LogP) is 5.62. The normalized spacial score (nSPS) is 11.1. The largest absolute Gasteiger partial charge is 0.391 e. The smallest absolute Gasteiger partial charge is 0.269 e. The minimum Gasteiger partial charge on any atom is -0.391 e. The predicted molar refractivity (Wildman–Crippen MR) is 113 cm³/mol. The molecule has 3 aromatic rings. The molecule has 1 heterocycles. The van der Waals surface area contributed by atoms with Crippen LogP contribution in [-0.2, 0) is 11.4 Å². The Morgan fingerprint density at radius 2 is 1.96 bits per heavy atom. The molecule has 144 valence electrons. The van der Waals surface area contributed by atoms with Crippen LogP contribution >= 0.6 is 15.9 Å². The molecule has 0 fully saturated rings. The van der Waals surface area contributed by atoms with E-state index in [1.807, 2.05) is 26.0 Å². The summed E-state index contributed by atoms with van der Waals surface area (Å²) in [5.74, 6) is 0. The van der Waals surface area contributed by atoms with Crippen molar-refractivity contribution in [2.24, 2.45) is 5.16 Å². The maximum absolute atomic E-state index is 10.8. The van der Waals surface area contributed by atoms with Gasteiger partial charge in [0.2, 0.25) is 0 Å². The molecular weight excluding hydrogens is 422 g/mol. The summed E-state index contributed by atoms with van der Waals surface area (Å²) in [4.78, 5) is 15.7. The van der Waals surface area contributed by atoms with Gasteiger partial charge in [-0.25, -0.2) is 0 Å².